The molecule has 2 rings (SSSR count). The normalized spacial score (nSPS) is 10.8. The molecule has 108 valence electrons. The minimum absolute atomic E-state index is 0.0666. The zero-order valence-electron chi connectivity index (χ0n) is 11.7. The maximum atomic E-state index is 10.5. The second-order valence-electron chi connectivity index (χ2n) is 4.39. The van der Waals surface area contributed by atoms with Crippen LogP contribution < -0.4 is 4.35 Å². The Morgan fingerprint density at radius 2 is 1.50 bits per heavy atom. The molecule has 1 aromatic carbocycles. The number of hydrogen-bond donors (Lipinski definition) is 1. The molecule has 4 nitrogen and oxygen atoms in total. The molecule has 0 fully saturated rings. The summed E-state index contributed by atoms with van der Waals surface area (Å²) in [7, 11) is -4.02. The first kappa shape index (κ1) is 16.9. The largest absolute Gasteiger partial charge is 0.294 e. The molecule has 0 aliphatic rings. The van der Waals surface area contributed by atoms with Gasteiger partial charge in [0.15, 0.2) is 0 Å². The van der Waals surface area contributed by atoms with Crippen molar-refractivity contribution in [3.63, 3.8) is 0 Å². The molecular weight excluding hydrogens is 337 g/mol. The molecule has 0 aliphatic carbocycles. The predicted molar refractivity (Wildman–Crippen MR) is 82.3 cm³/mol. The first-order valence-corrected chi connectivity index (χ1v) is 12.1. The van der Waals surface area contributed by atoms with Crippen LogP contribution in [0, 0.1) is 6.92 Å². The summed E-state index contributed by atoms with van der Waals surface area (Å²) in [5.41, 5.74) is 5.60. The summed E-state index contributed by atoms with van der Waals surface area (Å²) >= 11 is -0.628. The van der Waals surface area contributed by atoms with Gasteiger partial charge < -0.3 is 0 Å². The zero-order chi connectivity index (χ0) is 15.2. The second-order valence-corrected chi connectivity index (χ2v) is 10.6. The van der Waals surface area contributed by atoms with Crippen molar-refractivity contribution in [3.05, 3.63) is 54.4 Å². The Kier molecular flexibility index (Phi) is 6.40. The third kappa shape index (κ3) is 5.86. The molecule has 1 N–H and O–H groups in total. The average Bonchev–Trinajstić information content (AvgIpc) is 2.40. The smallest absolute Gasteiger partial charge is 0.282 e. The van der Waals surface area contributed by atoms with Crippen molar-refractivity contribution in [2.75, 3.05) is 0 Å². The molecule has 1 aromatic heterocycles. The average molecular weight is 355 g/mol. The molecule has 0 atom stereocenters. The van der Waals surface area contributed by atoms with Crippen LogP contribution in [0.1, 0.15) is 5.56 Å². The van der Waals surface area contributed by atoms with E-state index in [1.165, 1.54) is 16.5 Å². The van der Waals surface area contributed by atoms with E-state index < -0.39 is 24.8 Å². The van der Waals surface area contributed by atoms with Crippen LogP contribution in [-0.2, 0) is 10.1 Å². The summed E-state index contributed by atoms with van der Waals surface area (Å²) in [5, 5.41) is 0. The van der Waals surface area contributed by atoms with Crippen molar-refractivity contribution in [3.8, 4) is 0 Å². The van der Waals surface area contributed by atoms with E-state index in [0.717, 1.165) is 5.56 Å². The number of aromatic nitrogens is 1. The maximum absolute atomic E-state index is 10.5. The number of pyridine rings is 1. The van der Waals surface area contributed by atoms with Gasteiger partial charge in [-0.05, 0) is 19.1 Å². The van der Waals surface area contributed by atoms with E-state index in [9.17, 15) is 8.42 Å². The maximum Gasteiger partial charge on any atom is 0.294 e. The fourth-order valence-corrected chi connectivity index (χ4v) is 3.36. The van der Waals surface area contributed by atoms with Crippen molar-refractivity contribution in [2.24, 2.45) is 0 Å². The van der Waals surface area contributed by atoms with Crippen molar-refractivity contribution in [1.29, 1.82) is 0 Å². The van der Waals surface area contributed by atoms with Gasteiger partial charge >= 0.3 is 59.9 Å². The van der Waals surface area contributed by atoms with Crippen LogP contribution in [0.15, 0.2) is 53.7 Å². The predicted octanol–water partition coefficient (Wildman–Crippen LogP) is 2.28. The van der Waals surface area contributed by atoms with Crippen LogP contribution in [0.25, 0.3) is 0 Å². The molecule has 6 heteroatoms. The Balaban J connectivity index is 0.000000204. The van der Waals surface area contributed by atoms with Gasteiger partial charge in [0.2, 0.25) is 0 Å². The van der Waals surface area contributed by atoms with Crippen LogP contribution in [0.5, 0.6) is 0 Å². The minimum Gasteiger partial charge on any atom is -0.282 e. The SMILES string of the molecule is C[As](C)c1ccncc1.Cc1ccc(S(=O)(=O)O)cc1. The third-order valence-electron chi connectivity index (χ3n) is 2.50. The van der Waals surface area contributed by atoms with Gasteiger partial charge in [0.1, 0.15) is 0 Å². The molecule has 0 saturated heterocycles. The standard InChI is InChI=1S/C7H10AsN.C7H8O3S/c1-8(2)7-3-5-9-6-4-7;1-6-2-4-7(5-3-6)11(8,9)10/h3-6H,1-2H3;2-5H,1H3,(H,8,9,10). The Morgan fingerprint density at radius 1 is 1.00 bits per heavy atom. The van der Waals surface area contributed by atoms with Crippen molar-refractivity contribution in [1.82, 2.24) is 4.98 Å². The van der Waals surface area contributed by atoms with Crippen LogP contribution in [0.4, 0.5) is 0 Å². The van der Waals surface area contributed by atoms with E-state index >= 15 is 0 Å². The van der Waals surface area contributed by atoms with Gasteiger partial charge in [-0.2, -0.15) is 8.42 Å². The molecule has 20 heavy (non-hydrogen) atoms. The van der Waals surface area contributed by atoms with E-state index in [0.29, 0.717) is 0 Å². The summed E-state index contributed by atoms with van der Waals surface area (Å²) in [6, 6.07) is 10.2. The fraction of sp³-hybridized carbons (Fsp3) is 0.214. The Hall–Kier alpha value is -1.16. The van der Waals surface area contributed by atoms with Gasteiger partial charge in [0.25, 0.3) is 10.1 Å². The molecule has 0 amide bonds. The number of rotatable bonds is 2. The number of aryl methyl sites for hydroxylation is 1. The Labute approximate surface area is 124 Å². The topological polar surface area (TPSA) is 67.3 Å². The minimum atomic E-state index is -4.02. The van der Waals surface area contributed by atoms with Crippen molar-refractivity contribution >= 4 is 29.1 Å². The summed E-state index contributed by atoms with van der Waals surface area (Å²) in [5.74, 6) is 0. The zero-order valence-corrected chi connectivity index (χ0v) is 14.4. The summed E-state index contributed by atoms with van der Waals surface area (Å²) in [4.78, 5) is 3.88. The van der Waals surface area contributed by atoms with E-state index in [-0.39, 0.29) is 4.90 Å². The second kappa shape index (κ2) is 7.58. The van der Waals surface area contributed by atoms with E-state index in [2.05, 4.69) is 28.5 Å². The first-order chi connectivity index (χ1) is 9.30. The molecular formula is C14H18AsNO3S. The van der Waals surface area contributed by atoms with Crippen molar-refractivity contribution < 1.29 is 13.0 Å². The quantitative estimate of drug-likeness (QED) is 0.663. The number of hydrogen-bond acceptors (Lipinski definition) is 3. The molecule has 2 aromatic rings. The number of nitrogens with zero attached hydrogens (tertiary/aromatic N) is 1. The Morgan fingerprint density at radius 3 is 1.85 bits per heavy atom. The molecule has 0 unspecified atom stereocenters. The van der Waals surface area contributed by atoms with Gasteiger partial charge in [-0.3, -0.25) is 4.55 Å². The molecule has 0 saturated carbocycles. The van der Waals surface area contributed by atoms with Crippen LogP contribution in [0.2, 0.25) is 11.4 Å². The molecule has 1 heterocycles. The van der Waals surface area contributed by atoms with E-state index in [1.54, 1.807) is 12.1 Å². The summed E-state index contributed by atoms with van der Waals surface area (Å²) in [6.45, 7) is 1.84. The Bertz CT molecular complexity index is 625. The van der Waals surface area contributed by atoms with E-state index in [4.69, 9.17) is 4.55 Å². The van der Waals surface area contributed by atoms with Crippen LogP contribution >= 0.6 is 0 Å². The van der Waals surface area contributed by atoms with Crippen LogP contribution in [0.3, 0.4) is 0 Å². The van der Waals surface area contributed by atoms with Gasteiger partial charge in [-0.15, -0.1) is 0 Å². The van der Waals surface area contributed by atoms with Gasteiger partial charge in [0.05, 0.1) is 4.90 Å². The molecule has 0 aliphatic heterocycles. The molecule has 0 spiro atoms. The summed E-state index contributed by atoms with van der Waals surface area (Å²) in [6.07, 6.45) is 3.73. The van der Waals surface area contributed by atoms with Gasteiger partial charge in [-0.25, -0.2) is 0 Å². The van der Waals surface area contributed by atoms with Crippen LogP contribution in [-0.4, -0.2) is 32.6 Å². The van der Waals surface area contributed by atoms with Gasteiger partial charge in [-0.1, -0.05) is 17.7 Å². The monoisotopic (exact) mass is 355 g/mol. The molecule has 0 bridgehead atoms. The molecule has 0 radical (unpaired) electrons. The number of benzene rings is 1. The van der Waals surface area contributed by atoms with Crippen molar-refractivity contribution in [2.45, 2.75) is 23.2 Å². The third-order valence-corrected chi connectivity index (χ3v) is 6.16. The fourth-order valence-electron chi connectivity index (χ4n) is 1.35. The van der Waals surface area contributed by atoms with E-state index in [1.807, 2.05) is 19.3 Å². The summed E-state index contributed by atoms with van der Waals surface area (Å²) < 4.78 is 31.0. The van der Waals surface area contributed by atoms with Gasteiger partial charge in [0, 0.05) is 0 Å². The first-order valence-electron chi connectivity index (χ1n) is 5.92.